The summed E-state index contributed by atoms with van der Waals surface area (Å²) in [5.41, 5.74) is 7.00. The molecule has 1 aromatic rings. The van der Waals surface area contributed by atoms with Gasteiger partial charge in [-0.3, -0.25) is 0 Å². The molecule has 1 aliphatic rings. The lowest BCUT2D eigenvalue weighted by atomic mass is 9.95. The topological polar surface area (TPSA) is 26.0 Å². The molecule has 1 saturated carbocycles. The second-order valence-corrected chi connectivity index (χ2v) is 4.89. The van der Waals surface area contributed by atoms with E-state index < -0.39 is 0 Å². The first-order valence-corrected chi connectivity index (χ1v) is 6.27. The first-order chi connectivity index (χ1) is 7.75. The van der Waals surface area contributed by atoms with Gasteiger partial charge in [-0.25, -0.2) is 4.39 Å². The molecule has 2 rings (SSSR count). The number of hydrogen-bond donors (Lipinski definition) is 1. The molecule has 1 aliphatic carbocycles. The molecule has 2 N–H and O–H groups in total. The molecule has 1 atom stereocenters. The van der Waals surface area contributed by atoms with Crippen molar-refractivity contribution in [1.29, 1.82) is 0 Å². The molecule has 0 bridgehead atoms. The smallest absolute Gasteiger partial charge is 0.123 e. The number of hydrogen-bond acceptors (Lipinski definition) is 1. The molecule has 0 saturated heterocycles. The SMILES string of the molecule is NC(CCC1CCCC1)c1cccc(F)c1. The van der Waals surface area contributed by atoms with E-state index in [2.05, 4.69) is 0 Å². The molecule has 1 aromatic carbocycles. The van der Waals surface area contributed by atoms with Crippen molar-refractivity contribution in [3.05, 3.63) is 35.6 Å². The van der Waals surface area contributed by atoms with Crippen LogP contribution in [-0.4, -0.2) is 0 Å². The Labute approximate surface area is 96.9 Å². The predicted octanol–water partition coefficient (Wildman–Crippen LogP) is 3.80. The van der Waals surface area contributed by atoms with E-state index in [0.29, 0.717) is 0 Å². The summed E-state index contributed by atoms with van der Waals surface area (Å²) in [5, 5.41) is 0. The maximum Gasteiger partial charge on any atom is 0.123 e. The fourth-order valence-electron chi connectivity index (χ4n) is 2.62. The first kappa shape index (κ1) is 11.6. The molecular weight excluding hydrogens is 201 g/mol. The van der Waals surface area contributed by atoms with Crippen molar-refractivity contribution in [3.8, 4) is 0 Å². The number of nitrogens with two attached hydrogens (primary N) is 1. The second-order valence-electron chi connectivity index (χ2n) is 4.89. The normalized spacial score (nSPS) is 18.9. The maximum atomic E-state index is 13.0. The zero-order valence-electron chi connectivity index (χ0n) is 9.66. The van der Waals surface area contributed by atoms with Crippen LogP contribution in [0.1, 0.15) is 50.1 Å². The Bertz CT molecular complexity index is 331. The van der Waals surface area contributed by atoms with E-state index in [4.69, 9.17) is 5.73 Å². The predicted molar refractivity (Wildman–Crippen MR) is 64.5 cm³/mol. The van der Waals surface area contributed by atoms with Gasteiger partial charge in [0, 0.05) is 6.04 Å². The summed E-state index contributed by atoms with van der Waals surface area (Å²) in [6, 6.07) is 6.67. The summed E-state index contributed by atoms with van der Waals surface area (Å²) in [6.45, 7) is 0. The van der Waals surface area contributed by atoms with E-state index in [0.717, 1.165) is 17.9 Å². The third-order valence-corrected chi connectivity index (χ3v) is 3.64. The van der Waals surface area contributed by atoms with Crippen LogP contribution in [0.25, 0.3) is 0 Å². The summed E-state index contributed by atoms with van der Waals surface area (Å²) in [4.78, 5) is 0. The highest BCUT2D eigenvalue weighted by Gasteiger charge is 2.16. The van der Waals surface area contributed by atoms with Crippen LogP contribution in [-0.2, 0) is 0 Å². The summed E-state index contributed by atoms with van der Waals surface area (Å²) < 4.78 is 13.0. The summed E-state index contributed by atoms with van der Waals surface area (Å²) >= 11 is 0. The quantitative estimate of drug-likeness (QED) is 0.822. The van der Waals surface area contributed by atoms with Gasteiger partial charge in [0.15, 0.2) is 0 Å². The van der Waals surface area contributed by atoms with Gasteiger partial charge in [-0.15, -0.1) is 0 Å². The van der Waals surface area contributed by atoms with Crippen molar-refractivity contribution in [2.24, 2.45) is 11.7 Å². The van der Waals surface area contributed by atoms with Crippen molar-refractivity contribution in [2.75, 3.05) is 0 Å². The molecule has 1 nitrogen and oxygen atoms in total. The molecule has 0 amide bonds. The Morgan fingerprint density at radius 2 is 2.06 bits per heavy atom. The largest absolute Gasteiger partial charge is 0.324 e. The van der Waals surface area contributed by atoms with Gasteiger partial charge in [-0.05, 0) is 36.5 Å². The van der Waals surface area contributed by atoms with E-state index in [-0.39, 0.29) is 11.9 Å². The minimum atomic E-state index is -0.186. The minimum absolute atomic E-state index is 0.00343. The van der Waals surface area contributed by atoms with Gasteiger partial charge in [0.05, 0.1) is 0 Å². The summed E-state index contributed by atoms with van der Waals surface area (Å²) in [5.74, 6) is 0.674. The number of halogens is 1. The number of benzene rings is 1. The Morgan fingerprint density at radius 3 is 2.75 bits per heavy atom. The summed E-state index contributed by atoms with van der Waals surface area (Å²) in [7, 11) is 0. The van der Waals surface area contributed by atoms with Gasteiger partial charge in [0.25, 0.3) is 0 Å². The van der Waals surface area contributed by atoms with Crippen LogP contribution in [0.4, 0.5) is 4.39 Å². The molecule has 0 radical (unpaired) electrons. The molecule has 2 heteroatoms. The average molecular weight is 221 g/mol. The van der Waals surface area contributed by atoms with Gasteiger partial charge in [-0.2, -0.15) is 0 Å². The lowest BCUT2D eigenvalue weighted by Crippen LogP contribution is -2.11. The third-order valence-electron chi connectivity index (χ3n) is 3.64. The molecule has 0 aromatic heterocycles. The van der Waals surface area contributed by atoms with E-state index in [1.54, 1.807) is 12.1 Å². The minimum Gasteiger partial charge on any atom is -0.324 e. The van der Waals surface area contributed by atoms with E-state index >= 15 is 0 Å². The van der Waals surface area contributed by atoms with Crippen LogP contribution in [0, 0.1) is 11.7 Å². The van der Waals surface area contributed by atoms with Crippen molar-refractivity contribution < 1.29 is 4.39 Å². The molecular formula is C14H20FN. The first-order valence-electron chi connectivity index (χ1n) is 6.27. The van der Waals surface area contributed by atoms with Gasteiger partial charge in [0.1, 0.15) is 5.82 Å². The van der Waals surface area contributed by atoms with Gasteiger partial charge >= 0.3 is 0 Å². The van der Waals surface area contributed by atoms with E-state index in [1.807, 2.05) is 6.07 Å². The standard InChI is InChI=1S/C14H20FN/c15-13-7-3-6-12(10-13)14(16)9-8-11-4-1-2-5-11/h3,6-7,10-11,14H,1-2,4-5,8-9,16H2. The van der Waals surface area contributed by atoms with Gasteiger partial charge in [-0.1, -0.05) is 37.8 Å². The molecule has 16 heavy (non-hydrogen) atoms. The second kappa shape index (κ2) is 5.44. The third kappa shape index (κ3) is 3.05. The van der Waals surface area contributed by atoms with Crippen molar-refractivity contribution in [2.45, 2.75) is 44.6 Å². The highest BCUT2D eigenvalue weighted by Crippen LogP contribution is 2.30. The monoisotopic (exact) mass is 221 g/mol. The van der Waals surface area contributed by atoms with E-state index in [9.17, 15) is 4.39 Å². The molecule has 0 heterocycles. The van der Waals surface area contributed by atoms with Crippen molar-refractivity contribution in [3.63, 3.8) is 0 Å². The van der Waals surface area contributed by atoms with E-state index in [1.165, 1.54) is 38.2 Å². The molecule has 0 aliphatic heterocycles. The van der Waals surface area contributed by atoms with Crippen LogP contribution in [0.15, 0.2) is 24.3 Å². The molecule has 0 spiro atoms. The Kier molecular flexibility index (Phi) is 3.94. The molecule has 88 valence electrons. The average Bonchev–Trinajstić information content (AvgIpc) is 2.78. The fourth-order valence-corrected chi connectivity index (χ4v) is 2.62. The lowest BCUT2D eigenvalue weighted by molar-refractivity contribution is 0.453. The molecule has 1 unspecified atom stereocenters. The van der Waals surface area contributed by atoms with Crippen LogP contribution in [0.3, 0.4) is 0 Å². The van der Waals surface area contributed by atoms with Gasteiger partial charge in [0.2, 0.25) is 0 Å². The van der Waals surface area contributed by atoms with Crippen LogP contribution in [0.5, 0.6) is 0 Å². The zero-order valence-corrected chi connectivity index (χ0v) is 9.66. The van der Waals surface area contributed by atoms with Gasteiger partial charge < -0.3 is 5.73 Å². The highest BCUT2D eigenvalue weighted by molar-refractivity contribution is 5.19. The lowest BCUT2D eigenvalue weighted by Gasteiger charge is -2.15. The highest BCUT2D eigenvalue weighted by atomic mass is 19.1. The summed E-state index contributed by atoms with van der Waals surface area (Å²) in [6.07, 6.45) is 7.64. The number of rotatable bonds is 4. The Hall–Kier alpha value is -0.890. The van der Waals surface area contributed by atoms with Crippen LogP contribution in [0.2, 0.25) is 0 Å². The van der Waals surface area contributed by atoms with Crippen LogP contribution < -0.4 is 5.73 Å². The van der Waals surface area contributed by atoms with Crippen LogP contribution >= 0.6 is 0 Å². The Balaban J connectivity index is 1.85. The molecule has 1 fully saturated rings. The fraction of sp³-hybridized carbons (Fsp3) is 0.571. The maximum absolute atomic E-state index is 13.0. The van der Waals surface area contributed by atoms with Crippen molar-refractivity contribution >= 4 is 0 Å². The van der Waals surface area contributed by atoms with Crippen molar-refractivity contribution in [1.82, 2.24) is 0 Å². The Morgan fingerprint density at radius 1 is 1.31 bits per heavy atom. The zero-order chi connectivity index (χ0) is 11.4.